The number of imidazole rings is 1. The third-order valence-corrected chi connectivity index (χ3v) is 3.14. The summed E-state index contributed by atoms with van der Waals surface area (Å²) in [6.07, 6.45) is 6.23. The van der Waals surface area contributed by atoms with E-state index < -0.39 is 0 Å². The van der Waals surface area contributed by atoms with Crippen molar-refractivity contribution in [3.05, 3.63) is 12.4 Å². The molecule has 0 bridgehead atoms. The van der Waals surface area contributed by atoms with Gasteiger partial charge in [-0.15, -0.1) is 0 Å². The summed E-state index contributed by atoms with van der Waals surface area (Å²) < 4.78 is 7.23. The molecule has 0 radical (unpaired) electrons. The van der Waals surface area contributed by atoms with Crippen LogP contribution in [0, 0.1) is 0 Å². The summed E-state index contributed by atoms with van der Waals surface area (Å²) >= 11 is 0. The van der Waals surface area contributed by atoms with Crippen molar-refractivity contribution in [1.82, 2.24) is 9.55 Å². The molecule has 16 heavy (non-hydrogen) atoms. The number of hydrogen-bond donors (Lipinski definition) is 1. The van der Waals surface area contributed by atoms with Gasteiger partial charge in [-0.3, -0.25) is 0 Å². The van der Waals surface area contributed by atoms with E-state index in [0.717, 1.165) is 19.0 Å². The Morgan fingerprint density at radius 1 is 1.62 bits per heavy atom. The second kappa shape index (κ2) is 5.32. The van der Waals surface area contributed by atoms with E-state index in [-0.39, 0.29) is 0 Å². The first-order valence-corrected chi connectivity index (χ1v) is 5.83. The lowest BCUT2D eigenvalue weighted by molar-refractivity contribution is 0.187. The summed E-state index contributed by atoms with van der Waals surface area (Å²) in [7, 11) is 1.72. The maximum Gasteiger partial charge on any atom is 0.205 e. The molecule has 0 aliphatic carbocycles. The third-order valence-electron chi connectivity index (χ3n) is 3.14. The molecule has 1 fully saturated rings. The van der Waals surface area contributed by atoms with Crippen molar-refractivity contribution >= 4 is 5.95 Å². The van der Waals surface area contributed by atoms with Crippen molar-refractivity contribution in [2.45, 2.75) is 25.4 Å². The van der Waals surface area contributed by atoms with Gasteiger partial charge in [0.1, 0.15) is 0 Å². The Bertz CT molecular complexity index is 326. The highest BCUT2D eigenvalue weighted by Crippen LogP contribution is 2.23. The lowest BCUT2D eigenvalue weighted by Crippen LogP contribution is -2.37. The first kappa shape index (κ1) is 11.4. The van der Waals surface area contributed by atoms with E-state index >= 15 is 0 Å². The minimum absolute atomic E-state index is 0.448. The summed E-state index contributed by atoms with van der Waals surface area (Å²) in [4.78, 5) is 6.74. The molecule has 1 atom stereocenters. The number of methoxy groups -OCH3 is 1. The molecule has 0 spiro atoms. The molecule has 2 N–H and O–H groups in total. The quantitative estimate of drug-likeness (QED) is 0.789. The van der Waals surface area contributed by atoms with Gasteiger partial charge in [0.2, 0.25) is 5.95 Å². The van der Waals surface area contributed by atoms with Crippen LogP contribution in [0.25, 0.3) is 0 Å². The van der Waals surface area contributed by atoms with Gasteiger partial charge < -0.3 is 19.9 Å². The van der Waals surface area contributed by atoms with Gasteiger partial charge in [0, 0.05) is 45.2 Å². The molecule has 1 saturated heterocycles. The Labute approximate surface area is 96.2 Å². The van der Waals surface area contributed by atoms with Crippen LogP contribution in [0.4, 0.5) is 5.95 Å². The molecule has 1 aromatic rings. The zero-order valence-corrected chi connectivity index (χ0v) is 9.80. The van der Waals surface area contributed by atoms with Crippen molar-refractivity contribution in [3.63, 3.8) is 0 Å². The molecule has 0 amide bonds. The molecule has 1 aromatic heterocycles. The molecule has 1 unspecified atom stereocenters. The summed E-state index contributed by atoms with van der Waals surface area (Å²) in [5.74, 6) is 1.03. The second-order valence-corrected chi connectivity index (χ2v) is 4.14. The molecule has 0 aromatic carbocycles. The number of aromatic nitrogens is 2. The first-order valence-electron chi connectivity index (χ1n) is 5.83. The summed E-state index contributed by atoms with van der Waals surface area (Å²) in [5, 5.41) is 0. The van der Waals surface area contributed by atoms with Crippen LogP contribution in [0.15, 0.2) is 12.4 Å². The molecular formula is C11H20N4O. The molecule has 1 aliphatic rings. The third kappa shape index (κ3) is 2.20. The van der Waals surface area contributed by atoms with E-state index in [0.29, 0.717) is 19.2 Å². The predicted octanol–water partition coefficient (Wildman–Crippen LogP) is 0.457. The number of nitrogens with two attached hydrogens (primary N) is 1. The first-order chi connectivity index (χ1) is 7.86. The van der Waals surface area contributed by atoms with E-state index in [1.54, 1.807) is 7.11 Å². The van der Waals surface area contributed by atoms with Crippen LogP contribution in [0.2, 0.25) is 0 Å². The maximum absolute atomic E-state index is 5.78. The summed E-state index contributed by atoms with van der Waals surface area (Å²) in [6, 6.07) is 0.448. The number of rotatable bonds is 5. The molecule has 5 heteroatoms. The Balaban J connectivity index is 2.10. The minimum atomic E-state index is 0.448. The zero-order valence-electron chi connectivity index (χ0n) is 9.80. The summed E-state index contributed by atoms with van der Waals surface area (Å²) in [5.41, 5.74) is 5.78. The number of anilines is 1. The number of nitrogens with zero attached hydrogens (tertiary/aromatic N) is 3. The molecule has 0 saturated carbocycles. The highest BCUT2D eigenvalue weighted by Gasteiger charge is 2.26. The molecule has 2 heterocycles. The van der Waals surface area contributed by atoms with Crippen LogP contribution in [0.1, 0.15) is 12.8 Å². The van der Waals surface area contributed by atoms with Gasteiger partial charge in [-0.1, -0.05) is 0 Å². The fourth-order valence-corrected chi connectivity index (χ4v) is 2.27. The van der Waals surface area contributed by atoms with Gasteiger partial charge in [-0.05, 0) is 12.8 Å². The smallest absolute Gasteiger partial charge is 0.205 e. The Morgan fingerprint density at radius 3 is 3.25 bits per heavy atom. The fraction of sp³-hybridized carbons (Fsp3) is 0.727. The van der Waals surface area contributed by atoms with Gasteiger partial charge in [-0.2, -0.15) is 0 Å². The van der Waals surface area contributed by atoms with E-state index in [9.17, 15) is 0 Å². The van der Waals surface area contributed by atoms with E-state index in [4.69, 9.17) is 10.5 Å². The Morgan fingerprint density at radius 2 is 2.50 bits per heavy atom. The predicted molar refractivity (Wildman–Crippen MR) is 63.5 cm³/mol. The highest BCUT2D eigenvalue weighted by molar-refractivity contribution is 5.35. The van der Waals surface area contributed by atoms with Crippen LogP contribution in [-0.4, -0.2) is 42.4 Å². The van der Waals surface area contributed by atoms with Crippen molar-refractivity contribution in [1.29, 1.82) is 0 Å². The van der Waals surface area contributed by atoms with E-state index in [1.165, 1.54) is 12.8 Å². The van der Waals surface area contributed by atoms with Crippen molar-refractivity contribution in [3.8, 4) is 0 Å². The standard InChI is InChI=1S/C11H20N4O/c1-16-8-7-14-6-4-13-11(14)15-5-2-3-10(15)9-12/h4,6,10H,2-3,5,7-9,12H2,1H3. The Kier molecular flexibility index (Phi) is 3.79. The largest absolute Gasteiger partial charge is 0.383 e. The van der Waals surface area contributed by atoms with Crippen molar-refractivity contribution in [2.24, 2.45) is 5.73 Å². The monoisotopic (exact) mass is 224 g/mol. The molecular weight excluding hydrogens is 204 g/mol. The minimum Gasteiger partial charge on any atom is -0.383 e. The average Bonchev–Trinajstić information content (AvgIpc) is 2.93. The van der Waals surface area contributed by atoms with Gasteiger partial charge in [0.25, 0.3) is 0 Å². The topological polar surface area (TPSA) is 56.3 Å². The maximum atomic E-state index is 5.78. The van der Waals surface area contributed by atoms with Crippen LogP contribution in [0.5, 0.6) is 0 Å². The van der Waals surface area contributed by atoms with Gasteiger partial charge in [0.15, 0.2) is 0 Å². The van der Waals surface area contributed by atoms with Crippen LogP contribution in [0.3, 0.4) is 0 Å². The lowest BCUT2D eigenvalue weighted by atomic mass is 10.2. The van der Waals surface area contributed by atoms with Crippen LogP contribution in [-0.2, 0) is 11.3 Å². The van der Waals surface area contributed by atoms with Crippen molar-refractivity contribution in [2.75, 3.05) is 31.7 Å². The molecule has 90 valence electrons. The number of hydrogen-bond acceptors (Lipinski definition) is 4. The second-order valence-electron chi connectivity index (χ2n) is 4.14. The van der Waals surface area contributed by atoms with E-state index in [1.807, 2.05) is 12.4 Å². The summed E-state index contributed by atoms with van der Waals surface area (Å²) in [6.45, 7) is 3.33. The van der Waals surface area contributed by atoms with Gasteiger partial charge in [0.05, 0.1) is 6.61 Å². The fourth-order valence-electron chi connectivity index (χ4n) is 2.27. The van der Waals surface area contributed by atoms with Crippen molar-refractivity contribution < 1.29 is 4.74 Å². The lowest BCUT2D eigenvalue weighted by Gasteiger charge is -2.25. The normalized spacial score (nSPS) is 20.6. The van der Waals surface area contributed by atoms with Gasteiger partial charge >= 0.3 is 0 Å². The highest BCUT2D eigenvalue weighted by atomic mass is 16.5. The van der Waals surface area contributed by atoms with Gasteiger partial charge in [-0.25, -0.2) is 4.98 Å². The van der Waals surface area contributed by atoms with Crippen LogP contribution >= 0.6 is 0 Å². The molecule has 2 rings (SSSR count). The van der Waals surface area contributed by atoms with Crippen LogP contribution < -0.4 is 10.6 Å². The zero-order chi connectivity index (χ0) is 11.4. The number of ether oxygens (including phenoxy) is 1. The average molecular weight is 224 g/mol. The molecule has 5 nitrogen and oxygen atoms in total. The van der Waals surface area contributed by atoms with E-state index in [2.05, 4.69) is 14.5 Å². The Hall–Kier alpha value is -1.07. The SMILES string of the molecule is COCCn1ccnc1N1CCCC1CN. The molecule has 1 aliphatic heterocycles.